The molecular formula is C12H20N4O2. The van der Waals surface area contributed by atoms with Crippen LogP contribution in [-0.2, 0) is 4.79 Å². The van der Waals surface area contributed by atoms with E-state index in [9.17, 15) is 4.79 Å². The number of aryl methyl sites for hydroxylation is 1. The molecule has 6 nitrogen and oxygen atoms in total. The first-order valence-electron chi connectivity index (χ1n) is 6.01. The van der Waals surface area contributed by atoms with E-state index in [1.165, 1.54) is 7.11 Å². The summed E-state index contributed by atoms with van der Waals surface area (Å²) in [5, 5.41) is 2.67. The predicted octanol–water partition coefficient (Wildman–Crippen LogP) is 1.11. The van der Waals surface area contributed by atoms with Gasteiger partial charge in [0.15, 0.2) is 0 Å². The lowest BCUT2D eigenvalue weighted by Gasteiger charge is -2.13. The second-order valence-corrected chi connectivity index (χ2v) is 4.09. The van der Waals surface area contributed by atoms with Crippen molar-refractivity contribution in [1.82, 2.24) is 9.97 Å². The van der Waals surface area contributed by atoms with Crippen molar-refractivity contribution in [3.8, 4) is 5.88 Å². The first-order valence-corrected chi connectivity index (χ1v) is 6.01. The van der Waals surface area contributed by atoms with Crippen LogP contribution in [0.4, 0.5) is 5.95 Å². The van der Waals surface area contributed by atoms with Gasteiger partial charge in [0.2, 0.25) is 17.7 Å². The van der Waals surface area contributed by atoms with Gasteiger partial charge in [0, 0.05) is 18.3 Å². The van der Waals surface area contributed by atoms with Crippen LogP contribution in [0.15, 0.2) is 6.07 Å². The highest BCUT2D eigenvalue weighted by atomic mass is 16.5. The Morgan fingerprint density at radius 3 is 2.83 bits per heavy atom. The average Bonchev–Trinajstić information content (AvgIpc) is 2.34. The van der Waals surface area contributed by atoms with E-state index in [0.717, 1.165) is 18.5 Å². The number of carbonyl (C=O) groups is 1. The number of nitrogens with one attached hydrogen (secondary N) is 1. The Morgan fingerprint density at radius 1 is 1.56 bits per heavy atom. The lowest BCUT2D eigenvalue weighted by molar-refractivity contribution is -0.119. The van der Waals surface area contributed by atoms with Crippen LogP contribution < -0.4 is 15.8 Å². The van der Waals surface area contributed by atoms with E-state index in [1.807, 2.05) is 13.8 Å². The van der Waals surface area contributed by atoms with E-state index in [0.29, 0.717) is 12.4 Å². The number of aromatic nitrogens is 2. The van der Waals surface area contributed by atoms with Gasteiger partial charge in [-0.15, -0.1) is 0 Å². The molecule has 0 saturated carbocycles. The van der Waals surface area contributed by atoms with Crippen LogP contribution in [0.1, 0.15) is 25.5 Å². The Hall–Kier alpha value is -1.69. The standard InChI is InChI=1S/C12H20N4O2/c1-4-5-9(7-13)11(17)16-12-14-8(2)6-10(15-12)18-3/h6,9H,4-5,7,13H2,1-3H3,(H,14,15,16,17). The largest absolute Gasteiger partial charge is 0.481 e. The van der Waals surface area contributed by atoms with Crippen molar-refractivity contribution in [2.24, 2.45) is 11.7 Å². The van der Waals surface area contributed by atoms with Crippen molar-refractivity contribution in [3.05, 3.63) is 11.8 Å². The predicted molar refractivity (Wildman–Crippen MR) is 69.4 cm³/mol. The number of hydrogen-bond acceptors (Lipinski definition) is 5. The van der Waals surface area contributed by atoms with Gasteiger partial charge >= 0.3 is 0 Å². The SMILES string of the molecule is CCCC(CN)C(=O)Nc1nc(C)cc(OC)n1. The molecule has 100 valence electrons. The van der Waals surface area contributed by atoms with E-state index in [4.69, 9.17) is 10.5 Å². The minimum atomic E-state index is -0.204. The summed E-state index contributed by atoms with van der Waals surface area (Å²) in [7, 11) is 1.52. The number of carbonyl (C=O) groups excluding carboxylic acids is 1. The van der Waals surface area contributed by atoms with Crippen LogP contribution in [0.25, 0.3) is 0 Å². The normalized spacial score (nSPS) is 12.0. The molecule has 1 rings (SSSR count). The smallest absolute Gasteiger partial charge is 0.232 e. The highest BCUT2D eigenvalue weighted by Crippen LogP contribution is 2.13. The van der Waals surface area contributed by atoms with Crippen LogP contribution in [0.2, 0.25) is 0 Å². The van der Waals surface area contributed by atoms with Crippen LogP contribution in [0.3, 0.4) is 0 Å². The van der Waals surface area contributed by atoms with Gasteiger partial charge in [-0.3, -0.25) is 10.1 Å². The summed E-state index contributed by atoms with van der Waals surface area (Å²) in [5.41, 5.74) is 6.31. The van der Waals surface area contributed by atoms with Crippen molar-refractivity contribution < 1.29 is 9.53 Å². The number of methoxy groups -OCH3 is 1. The second kappa shape index (κ2) is 6.90. The number of nitrogens with two attached hydrogens (primary N) is 1. The summed E-state index contributed by atoms with van der Waals surface area (Å²) in [5.74, 6) is 0.334. The average molecular weight is 252 g/mol. The molecule has 0 aliphatic carbocycles. The van der Waals surface area contributed by atoms with Crippen LogP contribution in [0.5, 0.6) is 5.88 Å². The molecule has 1 amide bonds. The molecule has 0 fully saturated rings. The second-order valence-electron chi connectivity index (χ2n) is 4.09. The molecule has 0 radical (unpaired) electrons. The Balaban J connectivity index is 2.77. The maximum absolute atomic E-state index is 11.9. The number of rotatable bonds is 6. The zero-order valence-corrected chi connectivity index (χ0v) is 11.1. The van der Waals surface area contributed by atoms with Crippen molar-refractivity contribution in [2.45, 2.75) is 26.7 Å². The van der Waals surface area contributed by atoms with Gasteiger partial charge in [0.1, 0.15) is 0 Å². The van der Waals surface area contributed by atoms with Gasteiger partial charge in [-0.25, -0.2) is 4.98 Å². The van der Waals surface area contributed by atoms with E-state index in [2.05, 4.69) is 15.3 Å². The van der Waals surface area contributed by atoms with E-state index < -0.39 is 0 Å². The van der Waals surface area contributed by atoms with Gasteiger partial charge in [-0.05, 0) is 13.3 Å². The van der Waals surface area contributed by atoms with Crippen molar-refractivity contribution in [1.29, 1.82) is 0 Å². The maximum atomic E-state index is 11.9. The fourth-order valence-corrected chi connectivity index (χ4v) is 1.62. The molecule has 1 atom stereocenters. The Kier molecular flexibility index (Phi) is 5.51. The molecule has 18 heavy (non-hydrogen) atoms. The molecule has 0 spiro atoms. The quantitative estimate of drug-likeness (QED) is 0.791. The highest BCUT2D eigenvalue weighted by molar-refractivity contribution is 5.91. The van der Waals surface area contributed by atoms with Crippen LogP contribution >= 0.6 is 0 Å². The maximum Gasteiger partial charge on any atom is 0.232 e. The molecule has 0 aliphatic heterocycles. The van der Waals surface area contributed by atoms with Crippen molar-refractivity contribution in [3.63, 3.8) is 0 Å². The summed E-state index contributed by atoms with van der Waals surface area (Å²) in [6.07, 6.45) is 1.67. The monoisotopic (exact) mass is 252 g/mol. The van der Waals surface area contributed by atoms with Crippen LogP contribution in [0, 0.1) is 12.8 Å². The van der Waals surface area contributed by atoms with Gasteiger partial charge < -0.3 is 10.5 Å². The third kappa shape index (κ3) is 3.96. The number of anilines is 1. The number of amides is 1. The number of nitrogens with zero attached hydrogens (tertiary/aromatic N) is 2. The van der Waals surface area contributed by atoms with Gasteiger partial charge in [-0.2, -0.15) is 4.98 Å². The summed E-state index contributed by atoms with van der Waals surface area (Å²) in [6, 6.07) is 1.70. The first kappa shape index (κ1) is 14.4. The molecule has 1 heterocycles. The van der Waals surface area contributed by atoms with Crippen LogP contribution in [-0.4, -0.2) is 29.5 Å². The van der Waals surface area contributed by atoms with Crippen molar-refractivity contribution in [2.75, 3.05) is 19.0 Å². The Bertz CT molecular complexity index is 409. The van der Waals surface area contributed by atoms with E-state index in [-0.39, 0.29) is 17.8 Å². The van der Waals surface area contributed by atoms with E-state index in [1.54, 1.807) is 6.07 Å². The molecule has 0 aliphatic rings. The first-order chi connectivity index (χ1) is 8.60. The van der Waals surface area contributed by atoms with Gasteiger partial charge in [0.25, 0.3) is 0 Å². The summed E-state index contributed by atoms with van der Waals surface area (Å²) in [6.45, 7) is 4.15. The molecule has 3 N–H and O–H groups in total. The lowest BCUT2D eigenvalue weighted by Crippen LogP contribution is -2.29. The Morgan fingerprint density at radius 2 is 2.28 bits per heavy atom. The molecule has 1 aromatic rings. The molecule has 0 aromatic carbocycles. The minimum Gasteiger partial charge on any atom is -0.481 e. The third-order valence-electron chi connectivity index (χ3n) is 2.57. The Labute approximate surface area is 107 Å². The zero-order chi connectivity index (χ0) is 13.5. The van der Waals surface area contributed by atoms with Crippen molar-refractivity contribution >= 4 is 11.9 Å². The lowest BCUT2D eigenvalue weighted by atomic mass is 10.0. The highest BCUT2D eigenvalue weighted by Gasteiger charge is 2.17. The molecule has 1 aromatic heterocycles. The minimum absolute atomic E-state index is 0.146. The number of ether oxygens (including phenoxy) is 1. The van der Waals surface area contributed by atoms with E-state index >= 15 is 0 Å². The summed E-state index contributed by atoms with van der Waals surface area (Å²) >= 11 is 0. The molecule has 0 saturated heterocycles. The molecule has 0 bridgehead atoms. The molecular weight excluding hydrogens is 232 g/mol. The summed E-state index contributed by atoms with van der Waals surface area (Å²) in [4.78, 5) is 20.1. The van der Waals surface area contributed by atoms with Gasteiger partial charge in [-0.1, -0.05) is 13.3 Å². The topological polar surface area (TPSA) is 90.1 Å². The summed E-state index contributed by atoms with van der Waals surface area (Å²) < 4.78 is 5.02. The third-order valence-corrected chi connectivity index (χ3v) is 2.57. The number of hydrogen-bond donors (Lipinski definition) is 2. The molecule has 1 unspecified atom stereocenters. The molecule has 6 heteroatoms. The fraction of sp³-hybridized carbons (Fsp3) is 0.583. The fourth-order valence-electron chi connectivity index (χ4n) is 1.62. The van der Waals surface area contributed by atoms with Gasteiger partial charge in [0.05, 0.1) is 13.0 Å². The zero-order valence-electron chi connectivity index (χ0n) is 11.1.